The quantitative estimate of drug-likeness (QED) is 0.543. The van der Waals surface area contributed by atoms with Gasteiger partial charge >= 0.3 is 0 Å². The molecule has 0 atom stereocenters. The van der Waals surface area contributed by atoms with E-state index >= 15 is 0 Å². The molecule has 0 aromatic heterocycles. The highest BCUT2D eigenvalue weighted by Crippen LogP contribution is 2.29. The standard InChI is InChI=1S/C27H25FN4O2/c28-23-6-3-5-22(15-23)18-31(17-21-12-10-20(16-29)11-13-21)19-26(33)30-24-7-1-2-8-25(24)32-14-4-9-27(32)34/h1-3,5-8,10-13,15H,4,9,14,17-19H2,(H,30,33). The summed E-state index contributed by atoms with van der Waals surface area (Å²) in [5.74, 6) is -0.510. The van der Waals surface area contributed by atoms with Crippen LogP contribution >= 0.6 is 0 Å². The minimum absolute atomic E-state index is 0.0512. The Balaban J connectivity index is 1.50. The molecule has 6 nitrogen and oxygen atoms in total. The van der Waals surface area contributed by atoms with Crippen molar-refractivity contribution in [2.24, 2.45) is 0 Å². The molecule has 3 aromatic rings. The predicted octanol–water partition coefficient (Wildman–Crippen LogP) is 4.47. The van der Waals surface area contributed by atoms with Gasteiger partial charge in [0.05, 0.1) is 29.6 Å². The molecule has 1 heterocycles. The van der Waals surface area contributed by atoms with Crippen LogP contribution in [0, 0.1) is 17.1 Å². The van der Waals surface area contributed by atoms with E-state index in [1.54, 1.807) is 29.2 Å². The van der Waals surface area contributed by atoms with Gasteiger partial charge in [0.2, 0.25) is 11.8 Å². The molecule has 2 amide bonds. The van der Waals surface area contributed by atoms with Crippen LogP contribution in [0.15, 0.2) is 72.8 Å². The SMILES string of the molecule is N#Cc1ccc(CN(CC(=O)Nc2ccccc2N2CCCC2=O)Cc2cccc(F)c2)cc1. The van der Waals surface area contributed by atoms with Crippen LogP contribution in [0.4, 0.5) is 15.8 Å². The molecular weight excluding hydrogens is 431 g/mol. The number of nitrogens with zero attached hydrogens (tertiary/aromatic N) is 3. The van der Waals surface area contributed by atoms with E-state index in [4.69, 9.17) is 5.26 Å². The van der Waals surface area contributed by atoms with Gasteiger partial charge in [0, 0.05) is 26.1 Å². The molecule has 0 aliphatic carbocycles. The second kappa shape index (κ2) is 10.7. The summed E-state index contributed by atoms with van der Waals surface area (Å²) >= 11 is 0. The zero-order valence-corrected chi connectivity index (χ0v) is 18.7. The fraction of sp³-hybridized carbons (Fsp3) is 0.222. The molecule has 0 saturated carbocycles. The molecule has 0 unspecified atom stereocenters. The summed E-state index contributed by atoms with van der Waals surface area (Å²) in [6.07, 6.45) is 1.31. The van der Waals surface area contributed by atoms with Crippen molar-refractivity contribution in [1.82, 2.24) is 4.90 Å². The first-order chi connectivity index (χ1) is 16.5. The van der Waals surface area contributed by atoms with Gasteiger partial charge in [-0.05, 0) is 53.9 Å². The van der Waals surface area contributed by atoms with E-state index < -0.39 is 0 Å². The summed E-state index contributed by atoms with van der Waals surface area (Å²) in [6, 6.07) is 22.9. The Bertz CT molecular complexity index is 1220. The van der Waals surface area contributed by atoms with Crippen molar-refractivity contribution < 1.29 is 14.0 Å². The molecule has 4 rings (SSSR count). The van der Waals surface area contributed by atoms with Crippen LogP contribution in [-0.4, -0.2) is 29.8 Å². The van der Waals surface area contributed by atoms with Gasteiger partial charge in [-0.15, -0.1) is 0 Å². The van der Waals surface area contributed by atoms with E-state index in [1.807, 2.05) is 41.3 Å². The Hall–Kier alpha value is -4.02. The predicted molar refractivity (Wildman–Crippen MR) is 128 cm³/mol. The third kappa shape index (κ3) is 5.85. The lowest BCUT2D eigenvalue weighted by atomic mass is 10.1. The van der Waals surface area contributed by atoms with Crippen LogP contribution in [0.3, 0.4) is 0 Å². The van der Waals surface area contributed by atoms with E-state index in [0.29, 0.717) is 43.0 Å². The molecule has 0 bridgehead atoms. The Labute approximate surface area is 198 Å². The van der Waals surface area contributed by atoms with Gasteiger partial charge < -0.3 is 10.2 Å². The maximum absolute atomic E-state index is 13.7. The molecule has 172 valence electrons. The number of benzene rings is 3. The number of nitrogens with one attached hydrogen (secondary N) is 1. The number of carbonyl (C=O) groups excluding carboxylic acids is 2. The zero-order chi connectivity index (χ0) is 23.9. The minimum atomic E-state index is -0.329. The number of hydrogen-bond donors (Lipinski definition) is 1. The van der Waals surface area contributed by atoms with Gasteiger partial charge in [-0.1, -0.05) is 36.4 Å². The van der Waals surface area contributed by atoms with E-state index in [1.165, 1.54) is 12.1 Å². The summed E-state index contributed by atoms with van der Waals surface area (Å²) < 4.78 is 13.7. The largest absolute Gasteiger partial charge is 0.323 e. The van der Waals surface area contributed by atoms with Crippen LogP contribution in [0.2, 0.25) is 0 Å². The number of nitriles is 1. The number of amides is 2. The van der Waals surface area contributed by atoms with E-state index in [-0.39, 0.29) is 24.2 Å². The Morgan fingerprint density at radius 3 is 2.50 bits per heavy atom. The number of para-hydroxylation sites is 2. The second-order valence-electron chi connectivity index (χ2n) is 8.30. The van der Waals surface area contributed by atoms with Gasteiger partial charge in [-0.2, -0.15) is 5.26 Å². The minimum Gasteiger partial charge on any atom is -0.323 e. The molecular formula is C27H25FN4O2. The third-order valence-electron chi connectivity index (χ3n) is 5.69. The normalized spacial score (nSPS) is 13.2. The fourth-order valence-corrected chi connectivity index (χ4v) is 4.11. The molecule has 0 spiro atoms. The zero-order valence-electron chi connectivity index (χ0n) is 18.7. The molecule has 3 aromatic carbocycles. The summed E-state index contributed by atoms with van der Waals surface area (Å²) in [5, 5.41) is 12.0. The van der Waals surface area contributed by atoms with Crippen LogP contribution in [-0.2, 0) is 22.7 Å². The number of hydrogen-bond acceptors (Lipinski definition) is 4. The molecule has 1 N–H and O–H groups in total. The van der Waals surface area contributed by atoms with Crippen LogP contribution in [0.5, 0.6) is 0 Å². The third-order valence-corrected chi connectivity index (χ3v) is 5.69. The maximum Gasteiger partial charge on any atom is 0.238 e. The first kappa shape index (κ1) is 23.1. The van der Waals surface area contributed by atoms with Gasteiger partial charge in [0.1, 0.15) is 5.82 Å². The van der Waals surface area contributed by atoms with Gasteiger partial charge in [0.25, 0.3) is 0 Å². The molecule has 7 heteroatoms. The van der Waals surface area contributed by atoms with E-state index in [0.717, 1.165) is 17.5 Å². The maximum atomic E-state index is 13.7. The smallest absolute Gasteiger partial charge is 0.238 e. The number of halogens is 1. The molecule has 0 radical (unpaired) electrons. The second-order valence-corrected chi connectivity index (χ2v) is 8.30. The fourth-order valence-electron chi connectivity index (χ4n) is 4.11. The first-order valence-electron chi connectivity index (χ1n) is 11.2. The van der Waals surface area contributed by atoms with Crippen molar-refractivity contribution in [2.45, 2.75) is 25.9 Å². The lowest BCUT2D eigenvalue weighted by molar-refractivity contribution is -0.118. The number of anilines is 2. The summed E-state index contributed by atoms with van der Waals surface area (Å²) in [4.78, 5) is 28.9. The Kier molecular flexibility index (Phi) is 7.31. The first-order valence-corrected chi connectivity index (χ1v) is 11.2. The molecule has 1 aliphatic rings. The number of carbonyl (C=O) groups is 2. The van der Waals surface area contributed by atoms with Gasteiger partial charge in [-0.25, -0.2) is 4.39 Å². The summed E-state index contributed by atoms with van der Waals surface area (Å²) in [7, 11) is 0. The lowest BCUT2D eigenvalue weighted by Crippen LogP contribution is -2.33. The average molecular weight is 457 g/mol. The van der Waals surface area contributed by atoms with Gasteiger partial charge in [-0.3, -0.25) is 14.5 Å². The van der Waals surface area contributed by atoms with Crippen LogP contribution < -0.4 is 10.2 Å². The summed E-state index contributed by atoms with van der Waals surface area (Å²) in [6.45, 7) is 1.52. The number of rotatable bonds is 8. The Morgan fingerprint density at radius 1 is 1.03 bits per heavy atom. The summed E-state index contributed by atoms with van der Waals surface area (Å²) in [5.41, 5.74) is 3.54. The molecule has 1 saturated heterocycles. The molecule has 34 heavy (non-hydrogen) atoms. The van der Waals surface area contributed by atoms with Crippen molar-refractivity contribution in [3.8, 4) is 6.07 Å². The monoisotopic (exact) mass is 456 g/mol. The molecule has 1 aliphatic heterocycles. The van der Waals surface area contributed by atoms with Gasteiger partial charge in [0.15, 0.2) is 0 Å². The van der Waals surface area contributed by atoms with Crippen molar-refractivity contribution in [2.75, 3.05) is 23.3 Å². The van der Waals surface area contributed by atoms with Crippen molar-refractivity contribution in [3.63, 3.8) is 0 Å². The van der Waals surface area contributed by atoms with Crippen molar-refractivity contribution >= 4 is 23.2 Å². The lowest BCUT2D eigenvalue weighted by Gasteiger charge is -2.24. The topological polar surface area (TPSA) is 76.4 Å². The highest BCUT2D eigenvalue weighted by atomic mass is 19.1. The van der Waals surface area contributed by atoms with Crippen LogP contribution in [0.1, 0.15) is 29.5 Å². The highest BCUT2D eigenvalue weighted by Gasteiger charge is 2.24. The Morgan fingerprint density at radius 2 is 1.79 bits per heavy atom. The average Bonchev–Trinajstić information content (AvgIpc) is 3.25. The van der Waals surface area contributed by atoms with Crippen LogP contribution in [0.25, 0.3) is 0 Å². The van der Waals surface area contributed by atoms with E-state index in [9.17, 15) is 14.0 Å². The highest BCUT2D eigenvalue weighted by molar-refractivity contribution is 6.02. The van der Waals surface area contributed by atoms with E-state index in [2.05, 4.69) is 11.4 Å². The van der Waals surface area contributed by atoms with Crippen molar-refractivity contribution in [3.05, 3.63) is 95.3 Å². The van der Waals surface area contributed by atoms with Crippen molar-refractivity contribution in [1.29, 1.82) is 5.26 Å². The molecule has 1 fully saturated rings.